The number of rotatable bonds is 6. The number of pyridine rings is 1. The Hall–Kier alpha value is -3.35. The first-order chi connectivity index (χ1) is 14.0. The lowest BCUT2D eigenvalue weighted by Crippen LogP contribution is -2.36. The fourth-order valence-corrected chi connectivity index (χ4v) is 3.03. The molecule has 0 atom stereocenters. The zero-order valence-corrected chi connectivity index (χ0v) is 17.5. The van der Waals surface area contributed by atoms with Gasteiger partial charge in [-0.15, -0.1) is 0 Å². The highest BCUT2D eigenvalue weighted by atomic mass is 16.5. The van der Waals surface area contributed by atoms with Crippen molar-refractivity contribution in [2.24, 2.45) is 4.99 Å². The fourth-order valence-electron chi connectivity index (χ4n) is 3.03. The first-order valence-electron chi connectivity index (χ1n) is 9.46. The van der Waals surface area contributed by atoms with Crippen molar-refractivity contribution < 1.29 is 9.15 Å². The van der Waals surface area contributed by atoms with Crippen molar-refractivity contribution in [3.05, 3.63) is 64.8 Å². The summed E-state index contributed by atoms with van der Waals surface area (Å²) < 4.78 is 11.1. The zero-order chi connectivity index (χ0) is 20.8. The number of methoxy groups -OCH3 is 1. The number of hydrogen-bond donors (Lipinski definition) is 2. The highest BCUT2D eigenvalue weighted by Gasteiger charge is 2.11. The summed E-state index contributed by atoms with van der Waals surface area (Å²) in [6.07, 6.45) is 3.48. The number of aliphatic imine (C=N–C) groups is 1. The molecule has 0 aliphatic carbocycles. The summed E-state index contributed by atoms with van der Waals surface area (Å²) in [5.74, 6) is 2.13. The maximum Gasteiger partial charge on any atom is 0.226 e. The third-order valence-corrected chi connectivity index (χ3v) is 4.68. The summed E-state index contributed by atoms with van der Waals surface area (Å²) in [5.41, 5.74) is 5.92. The van der Waals surface area contributed by atoms with Gasteiger partial charge in [0.25, 0.3) is 0 Å². The quantitative estimate of drug-likeness (QED) is 0.492. The lowest BCUT2D eigenvalue weighted by atomic mass is 10.1. The van der Waals surface area contributed by atoms with Crippen LogP contribution in [0.3, 0.4) is 0 Å². The van der Waals surface area contributed by atoms with Crippen LogP contribution in [0, 0.1) is 20.8 Å². The summed E-state index contributed by atoms with van der Waals surface area (Å²) >= 11 is 0. The number of guanidine groups is 1. The van der Waals surface area contributed by atoms with Crippen molar-refractivity contribution in [1.29, 1.82) is 0 Å². The second-order valence-corrected chi connectivity index (χ2v) is 6.84. The molecular formula is C22H27N5O2. The van der Waals surface area contributed by atoms with E-state index < -0.39 is 0 Å². The molecule has 29 heavy (non-hydrogen) atoms. The second kappa shape index (κ2) is 9.23. The topological polar surface area (TPSA) is 84.6 Å². The third kappa shape index (κ3) is 4.93. The van der Waals surface area contributed by atoms with Crippen LogP contribution in [0.4, 0.5) is 0 Å². The van der Waals surface area contributed by atoms with Gasteiger partial charge < -0.3 is 19.8 Å². The Morgan fingerprint density at radius 3 is 2.52 bits per heavy atom. The fraction of sp³-hybridized carbons (Fsp3) is 0.318. The van der Waals surface area contributed by atoms with Gasteiger partial charge in [-0.05, 0) is 32.9 Å². The number of oxazole rings is 1. The molecule has 0 spiro atoms. The number of aromatic nitrogens is 2. The minimum absolute atomic E-state index is 0.499. The first-order valence-corrected chi connectivity index (χ1v) is 9.46. The van der Waals surface area contributed by atoms with Crippen molar-refractivity contribution >= 4 is 5.96 Å². The molecule has 0 amide bonds. The van der Waals surface area contributed by atoms with E-state index in [0.29, 0.717) is 24.9 Å². The summed E-state index contributed by atoms with van der Waals surface area (Å²) in [4.78, 5) is 13.3. The van der Waals surface area contributed by atoms with E-state index in [9.17, 15) is 0 Å². The normalized spacial score (nSPS) is 11.4. The van der Waals surface area contributed by atoms with E-state index >= 15 is 0 Å². The summed E-state index contributed by atoms with van der Waals surface area (Å²) in [7, 11) is 3.40. The monoisotopic (exact) mass is 393 g/mol. The van der Waals surface area contributed by atoms with Crippen molar-refractivity contribution in [3.63, 3.8) is 0 Å². The molecule has 0 bridgehead atoms. The van der Waals surface area contributed by atoms with Crippen molar-refractivity contribution in [2.45, 2.75) is 33.9 Å². The number of hydrogen-bond acceptors (Lipinski definition) is 5. The van der Waals surface area contributed by atoms with Gasteiger partial charge in [0.05, 0.1) is 31.6 Å². The smallest absolute Gasteiger partial charge is 0.226 e. The van der Waals surface area contributed by atoms with Gasteiger partial charge in [-0.25, -0.2) is 4.98 Å². The lowest BCUT2D eigenvalue weighted by molar-refractivity contribution is 0.406. The predicted molar refractivity (Wildman–Crippen MR) is 114 cm³/mol. The molecule has 0 saturated carbocycles. The second-order valence-electron chi connectivity index (χ2n) is 6.84. The molecule has 152 valence electrons. The third-order valence-electron chi connectivity index (χ3n) is 4.68. The van der Waals surface area contributed by atoms with E-state index in [1.165, 1.54) is 5.56 Å². The Balaban J connectivity index is 1.58. The van der Waals surface area contributed by atoms with Crippen molar-refractivity contribution in [1.82, 2.24) is 20.6 Å². The average Bonchev–Trinajstić information content (AvgIpc) is 3.19. The molecular weight excluding hydrogens is 366 g/mol. The molecule has 0 unspecified atom stereocenters. The van der Waals surface area contributed by atoms with Gasteiger partial charge >= 0.3 is 0 Å². The standard InChI is InChI=1S/C22H27N5O2/c1-14-6-8-17(9-7-14)21-27-18(13-29-21)11-25-22(23-4)26-12-19-16(3)20(28-5)15(2)10-24-19/h6-10,13H,11-12H2,1-5H3,(H2,23,25,26). The molecule has 2 aromatic heterocycles. The van der Waals surface area contributed by atoms with Crippen LogP contribution in [-0.2, 0) is 13.1 Å². The van der Waals surface area contributed by atoms with Crippen molar-refractivity contribution in [3.8, 4) is 17.2 Å². The van der Waals surface area contributed by atoms with Crippen LogP contribution in [0.2, 0.25) is 0 Å². The molecule has 0 saturated heterocycles. The molecule has 7 heteroatoms. The summed E-state index contributed by atoms with van der Waals surface area (Å²) in [5, 5.41) is 6.52. The highest BCUT2D eigenvalue weighted by Crippen LogP contribution is 2.23. The average molecular weight is 393 g/mol. The van der Waals surface area contributed by atoms with Gasteiger partial charge in [-0.1, -0.05) is 17.7 Å². The summed E-state index contributed by atoms with van der Waals surface area (Å²) in [6.45, 7) is 7.08. The summed E-state index contributed by atoms with van der Waals surface area (Å²) in [6, 6.07) is 8.09. The van der Waals surface area contributed by atoms with Gasteiger partial charge in [-0.2, -0.15) is 0 Å². The number of nitrogens with one attached hydrogen (secondary N) is 2. The Morgan fingerprint density at radius 2 is 1.83 bits per heavy atom. The van der Waals surface area contributed by atoms with E-state index in [0.717, 1.165) is 33.8 Å². The van der Waals surface area contributed by atoms with Crippen LogP contribution >= 0.6 is 0 Å². The Morgan fingerprint density at radius 1 is 1.10 bits per heavy atom. The van der Waals surface area contributed by atoms with Crippen LogP contribution < -0.4 is 15.4 Å². The predicted octanol–water partition coefficient (Wildman–Crippen LogP) is 3.54. The van der Waals surface area contributed by atoms with Crippen LogP contribution in [0.5, 0.6) is 5.75 Å². The number of ether oxygens (including phenoxy) is 1. The molecule has 1 aromatic carbocycles. The van der Waals surface area contributed by atoms with E-state index in [1.54, 1.807) is 20.4 Å². The minimum Gasteiger partial charge on any atom is -0.496 e. The molecule has 7 nitrogen and oxygen atoms in total. The van der Waals surface area contributed by atoms with Gasteiger partial charge in [0.1, 0.15) is 12.0 Å². The SMILES string of the molecule is CN=C(NCc1coc(-c2ccc(C)cc2)n1)NCc1ncc(C)c(OC)c1C. The molecule has 3 rings (SSSR count). The Bertz CT molecular complexity index is 993. The molecule has 0 radical (unpaired) electrons. The maximum atomic E-state index is 5.60. The van der Waals surface area contributed by atoms with Gasteiger partial charge in [0, 0.05) is 29.9 Å². The van der Waals surface area contributed by atoms with Crippen LogP contribution in [-0.4, -0.2) is 30.1 Å². The van der Waals surface area contributed by atoms with Crippen LogP contribution in [0.15, 0.2) is 46.1 Å². The molecule has 0 aliphatic heterocycles. The van der Waals surface area contributed by atoms with Gasteiger partial charge in [-0.3, -0.25) is 9.98 Å². The lowest BCUT2D eigenvalue weighted by Gasteiger charge is -2.14. The van der Waals surface area contributed by atoms with Gasteiger partial charge in [0.15, 0.2) is 5.96 Å². The minimum atomic E-state index is 0.499. The van der Waals surface area contributed by atoms with Crippen LogP contribution in [0.1, 0.15) is 28.1 Å². The molecule has 2 heterocycles. The molecule has 0 fully saturated rings. The molecule has 3 aromatic rings. The maximum absolute atomic E-state index is 5.60. The number of nitrogens with zero attached hydrogens (tertiary/aromatic N) is 3. The first kappa shape index (κ1) is 20.4. The van der Waals surface area contributed by atoms with E-state index in [2.05, 4.69) is 32.5 Å². The number of aryl methyl sites for hydroxylation is 2. The largest absolute Gasteiger partial charge is 0.496 e. The highest BCUT2D eigenvalue weighted by molar-refractivity contribution is 5.79. The molecule has 0 aliphatic rings. The Labute approximate surface area is 171 Å². The zero-order valence-electron chi connectivity index (χ0n) is 17.5. The van der Waals surface area contributed by atoms with Crippen molar-refractivity contribution in [2.75, 3.05) is 14.2 Å². The van der Waals surface area contributed by atoms with E-state index in [1.807, 2.05) is 44.3 Å². The Kier molecular flexibility index (Phi) is 6.49. The van der Waals surface area contributed by atoms with Gasteiger partial charge in [0.2, 0.25) is 5.89 Å². The van der Waals surface area contributed by atoms with Crippen LogP contribution in [0.25, 0.3) is 11.5 Å². The number of benzene rings is 1. The molecule has 2 N–H and O–H groups in total. The van der Waals surface area contributed by atoms with E-state index in [4.69, 9.17) is 9.15 Å². The van der Waals surface area contributed by atoms with E-state index in [-0.39, 0.29) is 0 Å².